The molecule has 0 bridgehead atoms. The molecule has 1 unspecified atom stereocenters. The van der Waals surface area contributed by atoms with Crippen molar-refractivity contribution in [2.45, 2.75) is 26.2 Å². The molecule has 3 N–H and O–H groups in total. The van der Waals surface area contributed by atoms with E-state index in [0.717, 1.165) is 29.7 Å². The number of nitrogens with two attached hydrogens (primary N) is 1. The number of benzene rings is 1. The van der Waals surface area contributed by atoms with E-state index in [1.165, 1.54) is 17.4 Å². The van der Waals surface area contributed by atoms with Crippen molar-refractivity contribution in [1.82, 2.24) is 0 Å². The fourth-order valence-electron chi connectivity index (χ4n) is 2.94. The van der Waals surface area contributed by atoms with E-state index in [2.05, 4.69) is 12.2 Å². The molecule has 4 nitrogen and oxygen atoms in total. The van der Waals surface area contributed by atoms with Gasteiger partial charge in [0, 0.05) is 9.90 Å². The molecular weight excluding hydrogens is 367 g/mol. The van der Waals surface area contributed by atoms with Crippen LogP contribution in [0.5, 0.6) is 0 Å². The number of thiophene rings is 1. The number of fused-ring (bicyclic) bond motifs is 1. The second kappa shape index (κ2) is 6.75. The zero-order chi connectivity index (χ0) is 17.4. The molecule has 0 saturated carbocycles. The van der Waals surface area contributed by atoms with Gasteiger partial charge in [-0.15, -0.1) is 11.3 Å². The molecule has 0 radical (unpaired) electrons. The molecule has 3 rings (SSSR count). The molecule has 1 heterocycles. The van der Waals surface area contributed by atoms with E-state index in [1.54, 1.807) is 12.1 Å². The Balaban J connectivity index is 1.95. The Morgan fingerprint density at radius 1 is 1.33 bits per heavy atom. The van der Waals surface area contributed by atoms with Gasteiger partial charge in [0.05, 0.1) is 16.1 Å². The number of amides is 2. The van der Waals surface area contributed by atoms with E-state index in [0.29, 0.717) is 27.1 Å². The van der Waals surface area contributed by atoms with Crippen molar-refractivity contribution in [3.8, 4) is 0 Å². The van der Waals surface area contributed by atoms with Gasteiger partial charge < -0.3 is 11.1 Å². The molecule has 0 spiro atoms. The van der Waals surface area contributed by atoms with Crippen molar-refractivity contribution in [3.63, 3.8) is 0 Å². The Kier molecular flexibility index (Phi) is 4.85. The smallest absolute Gasteiger partial charge is 0.257 e. The van der Waals surface area contributed by atoms with Gasteiger partial charge in [-0.3, -0.25) is 9.59 Å². The number of carbonyl (C=O) groups excluding carboxylic acids is 2. The Morgan fingerprint density at radius 2 is 2.08 bits per heavy atom. The van der Waals surface area contributed by atoms with Crippen LogP contribution in [0.4, 0.5) is 5.00 Å². The van der Waals surface area contributed by atoms with E-state index in [4.69, 9.17) is 28.9 Å². The van der Waals surface area contributed by atoms with Gasteiger partial charge in [-0.1, -0.05) is 30.1 Å². The first-order chi connectivity index (χ1) is 11.4. The maximum Gasteiger partial charge on any atom is 0.257 e. The lowest BCUT2D eigenvalue weighted by molar-refractivity contribution is 0.1000. The Bertz CT molecular complexity index is 832. The quantitative estimate of drug-likeness (QED) is 0.817. The van der Waals surface area contributed by atoms with Crippen molar-refractivity contribution < 1.29 is 9.59 Å². The van der Waals surface area contributed by atoms with E-state index in [9.17, 15) is 9.59 Å². The van der Waals surface area contributed by atoms with Gasteiger partial charge >= 0.3 is 0 Å². The summed E-state index contributed by atoms with van der Waals surface area (Å²) in [7, 11) is 0. The highest BCUT2D eigenvalue weighted by Gasteiger charge is 2.27. The summed E-state index contributed by atoms with van der Waals surface area (Å²) in [6.45, 7) is 2.18. The molecule has 2 aromatic rings. The summed E-state index contributed by atoms with van der Waals surface area (Å²) in [6.07, 6.45) is 2.72. The lowest BCUT2D eigenvalue weighted by atomic mass is 9.88. The second-order valence-electron chi connectivity index (χ2n) is 6.00. The van der Waals surface area contributed by atoms with E-state index >= 15 is 0 Å². The van der Waals surface area contributed by atoms with Crippen LogP contribution in [0.25, 0.3) is 0 Å². The first-order valence-corrected chi connectivity index (χ1v) is 9.14. The van der Waals surface area contributed by atoms with Gasteiger partial charge in [0.15, 0.2) is 0 Å². The highest BCUT2D eigenvalue weighted by Crippen LogP contribution is 2.39. The number of nitrogens with one attached hydrogen (secondary N) is 1. The average Bonchev–Trinajstić information content (AvgIpc) is 2.83. The number of halogens is 2. The van der Waals surface area contributed by atoms with Crippen molar-refractivity contribution in [2.24, 2.45) is 11.7 Å². The average molecular weight is 383 g/mol. The van der Waals surface area contributed by atoms with Crippen molar-refractivity contribution in [3.05, 3.63) is 49.8 Å². The monoisotopic (exact) mass is 382 g/mol. The maximum atomic E-state index is 12.5. The lowest BCUT2D eigenvalue weighted by Gasteiger charge is -2.18. The van der Waals surface area contributed by atoms with E-state index in [-0.39, 0.29) is 10.9 Å². The third kappa shape index (κ3) is 3.29. The molecule has 126 valence electrons. The first-order valence-electron chi connectivity index (χ1n) is 7.57. The Hall–Kier alpha value is -1.56. The van der Waals surface area contributed by atoms with E-state index in [1.807, 2.05) is 0 Å². The van der Waals surface area contributed by atoms with Crippen LogP contribution in [0.15, 0.2) is 18.2 Å². The molecule has 2 amide bonds. The molecule has 1 aromatic heterocycles. The number of hydrogen-bond acceptors (Lipinski definition) is 3. The van der Waals surface area contributed by atoms with E-state index < -0.39 is 5.91 Å². The minimum Gasteiger partial charge on any atom is -0.365 e. The topological polar surface area (TPSA) is 72.2 Å². The summed E-state index contributed by atoms with van der Waals surface area (Å²) in [5.74, 6) is -0.337. The molecule has 1 atom stereocenters. The lowest BCUT2D eigenvalue weighted by Crippen LogP contribution is -2.19. The van der Waals surface area contributed by atoms with Crippen LogP contribution < -0.4 is 11.1 Å². The van der Waals surface area contributed by atoms with Crippen LogP contribution in [0.2, 0.25) is 10.0 Å². The van der Waals surface area contributed by atoms with Crippen LogP contribution in [0.3, 0.4) is 0 Å². The molecule has 1 aliphatic carbocycles. The number of rotatable bonds is 3. The highest BCUT2D eigenvalue weighted by atomic mass is 35.5. The molecule has 7 heteroatoms. The zero-order valence-corrected chi connectivity index (χ0v) is 15.3. The SMILES string of the molecule is CC1CCc2c(sc(NC(=O)c3ccc(Cl)cc3Cl)c2C(N)=O)C1. The molecule has 1 aliphatic rings. The normalized spacial score (nSPS) is 16.5. The zero-order valence-electron chi connectivity index (χ0n) is 13.0. The summed E-state index contributed by atoms with van der Waals surface area (Å²) >= 11 is 13.4. The fraction of sp³-hybridized carbons (Fsp3) is 0.294. The molecule has 24 heavy (non-hydrogen) atoms. The van der Waals surface area contributed by atoms with Gasteiger partial charge in [0.1, 0.15) is 5.00 Å². The third-order valence-electron chi connectivity index (χ3n) is 4.16. The predicted octanol–water partition coefficient (Wildman–Crippen LogP) is 4.53. The van der Waals surface area contributed by atoms with Gasteiger partial charge in [-0.25, -0.2) is 0 Å². The van der Waals surface area contributed by atoms with Gasteiger partial charge in [-0.2, -0.15) is 0 Å². The minimum absolute atomic E-state index is 0.260. The summed E-state index contributed by atoms with van der Waals surface area (Å²) in [4.78, 5) is 25.5. The van der Waals surface area contributed by atoms with Gasteiger partial charge in [0.25, 0.3) is 11.8 Å². The Labute approximate surface area is 153 Å². The first kappa shape index (κ1) is 17.3. The maximum absolute atomic E-state index is 12.5. The summed E-state index contributed by atoms with van der Waals surface area (Å²) in [5, 5.41) is 4.00. The third-order valence-corrected chi connectivity index (χ3v) is 5.88. The van der Waals surface area contributed by atoms with Crippen LogP contribution in [0.1, 0.15) is 44.5 Å². The molecule has 0 aliphatic heterocycles. The number of primary amides is 1. The highest BCUT2D eigenvalue weighted by molar-refractivity contribution is 7.17. The van der Waals surface area contributed by atoms with Crippen molar-refractivity contribution in [1.29, 1.82) is 0 Å². The standard InChI is InChI=1S/C17H16Cl2N2O2S/c1-8-2-4-11-13(6-8)24-17(14(11)15(20)22)21-16(23)10-5-3-9(18)7-12(10)19/h3,5,7-8H,2,4,6H2,1H3,(H2,20,22)(H,21,23). The largest absolute Gasteiger partial charge is 0.365 e. The van der Waals surface area contributed by atoms with Crippen LogP contribution in [-0.2, 0) is 12.8 Å². The molecular formula is C17H16Cl2N2O2S. The van der Waals surface area contributed by atoms with Gasteiger partial charge in [0.2, 0.25) is 0 Å². The van der Waals surface area contributed by atoms with Crippen LogP contribution in [-0.4, -0.2) is 11.8 Å². The summed E-state index contributed by atoms with van der Waals surface area (Å²) in [5.41, 5.74) is 7.26. The number of carbonyl (C=O) groups is 2. The van der Waals surface area contributed by atoms with Crippen molar-refractivity contribution in [2.75, 3.05) is 5.32 Å². The minimum atomic E-state index is -0.514. The number of anilines is 1. The van der Waals surface area contributed by atoms with Crippen LogP contribution >= 0.6 is 34.5 Å². The molecule has 0 saturated heterocycles. The summed E-state index contributed by atoms with van der Waals surface area (Å²) in [6, 6.07) is 4.66. The predicted molar refractivity (Wildman–Crippen MR) is 98.4 cm³/mol. The molecule has 0 fully saturated rings. The van der Waals surface area contributed by atoms with Crippen molar-refractivity contribution >= 4 is 51.4 Å². The Morgan fingerprint density at radius 3 is 2.75 bits per heavy atom. The fourth-order valence-corrected chi connectivity index (χ4v) is 4.85. The number of hydrogen-bond donors (Lipinski definition) is 2. The van der Waals surface area contributed by atoms with Crippen LogP contribution in [0, 0.1) is 5.92 Å². The molecule has 1 aromatic carbocycles. The van der Waals surface area contributed by atoms with Gasteiger partial charge in [-0.05, 0) is 48.9 Å². The second-order valence-corrected chi connectivity index (χ2v) is 7.95. The summed E-state index contributed by atoms with van der Waals surface area (Å²) < 4.78 is 0.